The predicted octanol–water partition coefficient (Wildman–Crippen LogP) is 1.13. The van der Waals surface area contributed by atoms with Gasteiger partial charge in [0, 0.05) is 12.1 Å². The Morgan fingerprint density at radius 3 is 2.70 bits per heavy atom. The third-order valence-electron chi connectivity index (χ3n) is 2.73. The fourth-order valence-corrected chi connectivity index (χ4v) is 1.71. The Hall–Kier alpha value is -2.77. The number of aromatic amines is 1. The van der Waals surface area contributed by atoms with Crippen molar-refractivity contribution >= 4 is 11.6 Å². The van der Waals surface area contributed by atoms with Crippen molar-refractivity contribution in [3.8, 4) is 0 Å². The molecule has 1 amide bonds. The summed E-state index contributed by atoms with van der Waals surface area (Å²) in [6, 6.07) is 5.61. The van der Waals surface area contributed by atoms with Crippen LogP contribution in [0.2, 0.25) is 0 Å². The summed E-state index contributed by atoms with van der Waals surface area (Å²) in [5.74, 6) is 0.379. The molecule has 8 nitrogen and oxygen atoms in total. The summed E-state index contributed by atoms with van der Waals surface area (Å²) in [5.41, 5.74) is 0.710. The van der Waals surface area contributed by atoms with E-state index in [0.717, 1.165) is 0 Å². The molecule has 0 spiro atoms. The summed E-state index contributed by atoms with van der Waals surface area (Å²) < 4.78 is 0. The van der Waals surface area contributed by atoms with E-state index < -0.39 is 4.92 Å². The van der Waals surface area contributed by atoms with E-state index in [1.807, 2.05) is 0 Å². The third kappa shape index (κ3) is 3.37. The molecule has 0 aliphatic rings. The average molecular weight is 275 g/mol. The summed E-state index contributed by atoms with van der Waals surface area (Å²) in [6.07, 6.45) is 1.52. The van der Waals surface area contributed by atoms with Gasteiger partial charge in [0.15, 0.2) is 0 Å². The van der Waals surface area contributed by atoms with E-state index >= 15 is 0 Å². The van der Waals surface area contributed by atoms with Crippen LogP contribution in [0.4, 0.5) is 5.69 Å². The van der Waals surface area contributed by atoms with E-state index in [0.29, 0.717) is 11.4 Å². The van der Waals surface area contributed by atoms with Crippen LogP contribution in [-0.2, 0) is 11.2 Å². The van der Waals surface area contributed by atoms with Crippen LogP contribution in [0.3, 0.4) is 0 Å². The predicted molar refractivity (Wildman–Crippen MR) is 69.7 cm³/mol. The normalized spacial score (nSPS) is 11.8. The lowest BCUT2D eigenvalue weighted by Gasteiger charge is -2.10. The van der Waals surface area contributed by atoms with E-state index in [2.05, 4.69) is 20.5 Å². The molecule has 0 radical (unpaired) electrons. The van der Waals surface area contributed by atoms with Crippen molar-refractivity contribution in [1.29, 1.82) is 0 Å². The summed E-state index contributed by atoms with van der Waals surface area (Å²) in [5, 5.41) is 19.7. The highest BCUT2D eigenvalue weighted by Crippen LogP contribution is 2.12. The van der Waals surface area contributed by atoms with E-state index in [1.54, 1.807) is 19.1 Å². The number of non-ortho nitro benzene ring substituents is 1. The maximum absolute atomic E-state index is 11.8. The number of rotatable bonds is 5. The molecule has 1 heterocycles. The Morgan fingerprint density at radius 1 is 1.45 bits per heavy atom. The van der Waals surface area contributed by atoms with Gasteiger partial charge >= 0.3 is 0 Å². The molecule has 2 rings (SSSR count). The van der Waals surface area contributed by atoms with Crippen molar-refractivity contribution in [2.75, 3.05) is 0 Å². The first-order valence-electron chi connectivity index (χ1n) is 5.94. The number of amides is 1. The Labute approximate surface area is 114 Å². The first kappa shape index (κ1) is 13.7. The highest BCUT2D eigenvalue weighted by Gasteiger charge is 2.13. The van der Waals surface area contributed by atoms with Crippen LogP contribution in [0.5, 0.6) is 0 Å². The van der Waals surface area contributed by atoms with E-state index in [1.165, 1.54) is 18.5 Å². The molecular weight excluding hydrogens is 262 g/mol. The fourth-order valence-electron chi connectivity index (χ4n) is 1.71. The molecule has 1 unspecified atom stereocenters. The quantitative estimate of drug-likeness (QED) is 0.627. The lowest BCUT2D eigenvalue weighted by Crippen LogP contribution is -2.28. The zero-order valence-electron chi connectivity index (χ0n) is 10.7. The lowest BCUT2D eigenvalue weighted by atomic mass is 10.1. The third-order valence-corrected chi connectivity index (χ3v) is 2.73. The van der Waals surface area contributed by atoms with Gasteiger partial charge < -0.3 is 5.32 Å². The molecule has 2 N–H and O–H groups in total. The van der Waals surface area contributed by atoms with Crippen LogP contribution in [-0.4, -0.2) is 26.0 Å². The van der Waals surface area contributed by atoms with Crippen LogP contribution >= 0.6 is 0 Å². The summed E-state index contributed by atoms with van der Waals surface area (Å²) in [4.78, 5) is 25.8. The second kappa shape index (κ2) is 5.91. The summed E-state index contributed by atoms with van der Waals surface area (Å²) in [7, 11) is 0. The largest absolute Gasteiger partial charge is 0.346 e. The molecule has 0 aliphatic heterocycles. The fraction of sp³-hybridized carbons (Fsp3) is 0.250. The Bertz CT molecular complexity index is 594. The van der Waals surface area contributed by atoms with Crippen molar-refractivity contribution in [3.05, 3.63) is 52.1 Å². The van der Waals surface area contributed by atoms with Gasteiger partial charge in [0.1, 0.15) is 12.2 Å². The number of carbonyl (C=O) groups is 1. The maximum Gasteiger partial charge on any atom is 0.269 e. The molecule has 0 aliphatic carbocycles. The SMILES string of the molecule is CC(NC(=O)Cc1ccc([N+](=O)[O-])cc1)c1ncn[nH]1. The van der Waals surface area contributed by atoms with Crippen molar-refractivity contribution in [2.24, 2.45) is 0 Å². The molecule has 0 bridgehead atoms. The van der Waals surface area contributed by atoms with Crippen LogP contribution in [0.25, 0.3) is 0 Å². The van der Waals surface area contributed by atoms with Crippen LogP contribution in [0.15, 0.2) is 30.6 Å². The molecule has 1 aromatic heterocycles. The number of nitro benzene ring substituents is 1. The van der Waals surface area contributed by atoms with Crippen LogP contribution in [0.1, 0.15) is 24.4 Å². The number of nitro groups is 1. The van der Waals surface area contributed by atoms with Gasteiger partial charge in [0.05, 0.1) is 17.4 Å². The zero-order chi connectivity index (χ0) is 14.5. The van der Waals surface area contributed by atoms with E-state index in [-0.39, 0.29) is 24.1 Å². The van der Waals surface area contributed by atoms with Crippen molar-refractivity contribution in [2.45, 2.75) is 19.4 Å². The molecule has 1 atom stereocenters. The van der Waals surface area contributed by atoms with Gasteiger partial charge in [0.25, 0.3) is 5.69 Å². The minimum Gasteiger partial charge on any atom is -0.346 e. The first-order chi connectivity index (χ1) is 9.56. The maximum atomic E-state index is 11.8. The molecule has 104 valence electrons. The second-order valence-corrected chi connectivity index (χ2v) is 4.26. The lowest BCUT2D eigenvalue weighted by molar-refractivity contribution is -0.384. The van der Waals surface area contributed by atoms with Gasteiger partial charge in [-0.2, -0.15) is 5.10 Å². The van der Waals surface area contributed by atoms with Crippen molar-refractivity contribution in [3.63, 3.8) is 0 Å². The summed E-state index contributed by atoms with van der Waals surface area (Å²) in [6.45, 7) is 1.79. The molecule has 8 heteroatoms. The van der Waals surface area contributed by atoms with Gasteiger partial charge in [-0.1, -0.05) is 12.1 Å². The standard InChI is InChI=1S/C12H13N5O3/c1-8(12-13-7-14-16-12)15-11(18)6-9-2-4-10(5-3-9)17(19)20/h2-5,7-8H,6H2,1H3,(H,15,18)(H,13,14,16). The van der Waals surface area contributed by atoms with Gasteiger partial charge in [0.2, 0.25) is 5.91 Å². The minimum absolute atomic E-state index is 0.00388. The van der Waals surface area contributed by atoms with Crippen LogP contribution in [0, 0.1) is 10.1 Å². The number of aromatic nitrogens is 3. The number of hydrogen-bond acceptors (Lipinski definition) is 5. The molecule has 0 saturated heterocycles. The molecule has 0 saturated carbocycles. The van der Waals surface area contributed by atoms with Gasteiger partial charge in [-0.3, -0.25) is 20.0 Å². The number of nitrogens with one attached hydrogen (secondary N) is 2. The van der Waals surface area contributed by atoms with Crippen molar-refractivity contribution < 1.29 is 9.72 Å². The first-order valence-corrected chi connectivity index (χ1v) is 5.94. The smallest absolute Gasteiger partial charge is 0.269 e. The Kier molecular flexibility index (Phi) is 4.04. The van der Waals surface area contributed by atoms with Gasteiger partial charge in [-0.05, 0) is 12.5 Å². The Morgan fingerprint density at radius 2 is 2.15 bits per heavy atom. The van der Waals surface area contributed by atoms with E-state index in [4.69, 9.17) is 0 Å². The molecule has 1 aromatic carbocycles. The van der Waals surface area contributed by atoms with Crippen molar-refractivity contribution in [1.82, 2.24) is 20.5 Å². The Balaban J connectivity index is 1.92. The highest BCUT2D eigenvalue weighted by atomic mass is 16.6. The average Bonchev–Trinajstić information content (AvgIpc) is 2.93. The number of nitrogens with zero attached hydrogens (tertiary/aromatic N) is 3. The summed E-state index contributed by atoms with van der Waals surface area (Å²) >= 11 is 0. The number of hydrogen-bond donors (Lipinski definition) is 2. The van der Waals surface area contributed by atoms with E-state index in [9.17, 15) is 14.9 Å². The molecule has 20 heavy (non-hydrogen) atoms. The topological polar surface area (TPSA) is 114 Å². The number of benzene rings is 1. The molecule has 0 fully saturated rings. The number of carbonyl (C=O) groups excluding carboxylic acids is 1. The second-order valence-electron chi connectivity index (χ2n) is 4.26. The van der Waals surface area contributed by atoms with Crippen LogP contribution < -0.4 is 5.32 Å². The monoisotopic (exact) mass is 275 g/mol. The van der Waals surface area contributed by atoms with Gasteiger partial charge in [-0.25, -0.2) is 4.98 Å². The van der Waals surface area contributed by atoms with Gasteiger partial charge in [-0.15, -0.1) is 0 Å². The minimum atomic E-state index is -0.476. The molecular formula is C12H13N5O3. The number of H-pyrrole nitrogens is 1. The molecule has 2 aromatic rings. The highest BCUT2D eigenvalue weighted by molar-refractivity contribution is 5.78. The zero-order valence-corrected chi connectivity index (χ0v) is 10.7.